The van der Waals surface area contributed by atoms with E-state index in [0.29, 0.717) is 22.1 Å². The van der Waals surface area contributed by atoms with Gasteiger partial charge < -0.3 is 15.5 Å². The molecule has 0 aliphatic heterocycles. The molecule has 0 bridgehead atoms. The number of rotatable bonds is 5. The van der Waals surface area contributed by atoms with Gasteiger partial charge in [0.05, 0.1) is 11.1 Å². The predicted octanol–water partition coefficient (Wildman–Crippen LogP) is 5.18. The van der Waals surface area contributed by atoms with E-state index < -0.39 is 0 Å². The molecule has 0 amide bonds. The first-order valence-electron chi connectivity index (χ1n) is 10.9. The number of pyridine rings is 1. The minimum atomic E-state index is -0.139. The van der Waals surface area contributed by atoms with Gasteiger partial charge in [-0.1, -0.05) is 41.9 Å². The summed E-state index contributed by atoms with van der Waals surface area (Å²) in [5.41, 5.74) is 8.08. The van der Waals surface area contributed by atoms with Gasteiger partial charge in [-0.25, -0.2) is 0 Å². The lowest BCUT2D eigenvalue weighted by Gasteiger charge is -2.45. The smallest absolute Gasteiger partial charge is 0.255 e. The van der Waals surface area contributed by atoms with Crippen molar-refractivity contribution in [1.82, 2.24) is 4.98 Å². The Hall–Kier alpha value is -2.30. The minimum Gasteiger partial charge on any atom is -0.489 e. The fourth-order valence-electron chi connectivity index (χ4n) is 5.17. The number of ether oxygens (including phenoxy) is 1. The average Bonchev–Trinajstić information content (AvgIpc) is 3.61. The third-order valence-corrected chi connectivity index (χ3v) is 7.36. The first kappa shape index (κ1) is 19.7. The van der Waals surface area contributed by atoms with Crippen LogP contribution in [0.5, 0.6) is 5.75 Å². The normalized spacial score (nSPS) is 25.2. The lowest BCUT2D eigenvalue weighted by Crippen LogP contribution is -2.50. The van der Waals surface area contributed by atoms with Crippen molar-refractivity contribution in [3.05, 3.63) is 75.7 Å². The van der Waals surface area contributed by atoms with Crippen LogP contribution < -0.4 is 16.0 Å². The molecule has 0 saturated heterocycles. The number of fused-ring (bicyclic) bond motifs is 1. The molecule has 1 atom stereocenters. The van der Waals surface area contributed by atoms with Crippen LogP contribution in [-0.2, 0) is 5.41 Å². The average molecular weight is 423 g/mol. The highest BCUT2D eigenvalue weighted by atomic mass is 35.5. The van der Waals surface area contributed by atoms with Crippen molar-refractivity contribution in [3.63, 3.8) is 0 Å². The Morgan fingerprint density at radius 2 is 1.80 bits per heavy atom. The minimum absolute atomic E-state index is 0.0305. The van der Waals surface area contributed by atoms with Crippen LogP contribution in [0, 0.1) is 5.92 Å². The summed E-state index contributed by atoms with van der Waals surface area (Å²) >= 11 is 6.45. The molecule has 0 unspecified atom stereocenters. The second-order valence-corrected chi connectivity index (χ2v) is 9.29. The van der Waals surface area contributed by atoms with Crippen LogP contribution in [0.15, 0.2) is 59.5 Å². The van der Waals surface area contributed by atoms with E-state index in [1.165, 1.54) is 18.4 Å². The predicted molar refractivity (Wildman–Crippen MR) is 121 cm³/mol. The summed E-state index contributed by atoms with van der Waals surface area (Å²) in [4.78, 5) is 14.7. The Balaban J connectivity index is 1.37. The van der Waals surface area contributed by atoms with Gasteiger partial charge in [0.25, 0.3) is 5.56 Å². The van der Waals surface area contributed by atoms with Crippen molar-refractivity contribution >= 4 is 22.4 Å². The topological polar surface area (TPSA) is 68.1 Å². The number of aromatic amines is 1. The molecule has 2 aromatic carbocycles. The fourth-order valence-corrected chi connectivity index (χ4v) is 5.38. The van der Waals surface area contributed by atoms with Crippen LogP contribution in [0.3, 0.4) is 0 Å². The molecule has 3 N–H and O–H groups in total. The molecule has 2 aliphatic carbocycles. The van der Waals surface area contributed by atoms with Gasteiger partial charge in [0.2, 0.25) is 0 Å². The summed E-state index contributed by atoms with van der Waals surface area (Å²) in [5, 5.41) is 1.90. The highest BCUT2D eigenvalue weighted by Gasteiger charge is 2.47. The van der Waals surface area contributed by atoms with Gasteiger partial charge in [-0.3, -0.25) is 4.79 Å². The van der Waals surface area contributed by atoms with Crippen molar-refractivity contribution in [2.24, 2.45) is 11.7 Å². The van der Waals surface area contributed by atoms with E-state index in [1.54, 1.807) is 12.3 Å². The molecule has 2 saturated carbocycles. The lowest BCUT2D eigenvalue weighted by molar-refractivity contribution is 0.101. The van der Waals surface area contributed by atoms with Crippen LogP contribution in [0.1, 0.15) is 44.1 Å². The molecule has 1 aromatic heterocycles. The molecule has 2 fully saturated rings. The van der Waals surface area contributed by atoms with E-state index in [0.717, 1.165) is 31.1 Å². The van der Waals surface area contributed by atoms with Crippen LogP contribution in [-0.4, -0.2) is 17.1 Å². The fraction of sp³-hybridized carbons (Fsp3) is 0.400. The summed E-state index contributed by atoms with van der Waals surface area (Å²) in [7, 11) is 0. The van der Waals surface area contributed by atoms with E-state index in [4.69, 9.17) is 22.1 Å². The summed E-state index contributed by atoms with van der Waals surface area (Å²) < 4.78 is 6.33. The Kier molecular flexibility index (Phi) is 5.08. The first-order chi connectivity index (χ1) is 14.6. The quantitative estimate of drug-likeness (QED) is 0.595. The van der Waals surface area contributed by atoms with E-state index >= 15 is 0 Å². The second kappa shape index (κ2) is 7.75. The van der Waals surface area contributed by atoms with Crippen molar-refractivity contribution < 1.29 is 4.74 Å². The van der Waals surface area contributed by atoms with E-state index in [2.05, 4.69) is 35.3 Å². The third-order valence-electron chi connectivity index (χ3n) is 7.06. The third kappa shape index (κ3) is 3.52. The van der Waals surface area contributed by atoms with Gasteiger partial charge in [0.15, 0.2) is 0 Å². The largest absolute Gasteiger partial charge is 0.489 e. The number of nitrogens with two attached hydrogens (primary N) is 1. The van der Waals surface area contributed by atoms with Crippen molar-refractivity contribution in [3.8, 4) is 5.75 Å². The van der Waals surface area contributed by atoms with Gasteiger partial charge in [-0.15, -0.1) is 0 Å². The van der Waals surface area contributed by atoms with Crippen molar-refractivity contribution in [1.29, 1.82) is 0 Å². The summed E-state index contributed by atoms with van der Waals surface area (Å²) in [6, 6.07) is 16.4. The Bertz CT molecular complexity index is 1100. The van der Waals surface area contributed by atoms with Crippen LogP contribution >= 0.6 is 11.6 Å². The van der Waals surface area contributed by atoms with Gasteiger partial charge in [-0.2, -0.15) is 0 Å². The van der Waals surface area contributed by atoms with Gasteiger partial charge in [-0.05, 0) is 73.6 Å². The highest BCUT2D eigenvalue weighted by Crippen LogP contribution is 2.49. The molecule has 4 nitrogen and oxygen atoms in total. The molecule has 30 heavy (non-hydrogen) atoms. The van der Waals surface area contributed by atoms with Gasteiger partial charge in [0.1, 0.15) is 5.75 Å². The Morgan fingerprint density at radius 3 is 2.50 bits per heavy atom. The van der Waals surface area contributed by atoms with E-state index in [-0.39, 0.29) is 23.1 Å². The number of nitrogens with one attached hydrogen (secondary N) is 1. The lowest BCUT2D eigenvalue weighted by atomic mass is 9.63. The number of hydrogen-bond donors (Lipinski definition) is 2. The number of hydrogen-bond acceptors (Lipinski definition) is 3. The van der Waals surface area contributed by atoms with Crippen LogP contribution in [0.4, 0.5) is 0 Å². The van der Waals surface area contributed by atoms with E-state index in [9.17, 15) is 4.79 Å². The molecular formula is C25H27ClN2O2. The van der Waals surface area contributed by atoms with Crippen molar-refractivity contribution in [2.75, 3.05) is 0 Å². The summed E-state index contributed by atoms with van der Waals surface area (Å²) in [5.74, 6) is 1.30. The number of aromatic nitrogens is 1. The molecular weight excluding hydrogens is 396 g/mol. The molecule has 1 heterocycles. The molecule has 0 radical (unpaired) electrons. The summed E-state index contributed by atoms with van der Waals surface area (Å²) in [6.07, 6.45) is 8.18. The monoisotopic (exact) mass is 422 g/mol. The maximum atomic E-state index is 12.0. The molecule has 5 rings (SSSR count). The number of benzene rings is 2. The molecule has 156 valence electrons. The first-order valence-corrected chi connectivity index (χ1v) is 11.2. The Labute approximate surface area is 181 Å². The zero-order valence-electron chi connectivity index (χ0n) is 16.9. The maximum Gasteiger partial charge on any atom is 0.255 e. The molecule has 5 heteroatoms. The van der Waals surface area contributed by atoms with Gasteiger partial charge in [0, 0.05) is 23.0 Å². The SMILES string of the molecule is N[C@@H](C1CC1)C1(c2ccccc2)CCC(Oc2cc3cc[nH]c(=O)c3cc2Cl)CC1. The standard InChI is InChI=1S/C25H27ClN2O2/c26-21-15-20-17(10-13-28-24(20)29)14-22(21)30-19-8-11-25(12-9-19,23(27)16-6-7-16)18-4-2-1-3-5-18/h1-5,10,13-16,19,23H,6-9,11-12,27H2,(H,28,29)/t19?,23-,25?/m0/s1. The second-order valence-electron chi connectivity index (χ2n) is 8.88. The molecule has 0 spiro atoms. The maximum absolute atomic E-state index is 12.0. The Morgan fingerprint density at radius 1 is 1.07 bits per heavy atom. The highest BCUT2D eigenvalue weighted by molar-refractivity contribution is 6.32. The number of H-pyrrole nitrogens is 1. The molecule has 3 aromatic rings. The summed E-state index contributed by atoms with van der Waals surface area (Å²) in [6.45, 7) is 0. The van der Waals surface area contributed by atoms with Crippen LogP contribution in [0.25, 0.3) is 10.8 Å². The van der Waals surface area contributed by atoms with Crippen molar-refractivity contribution in [2.45, 2.75) is 56.1 Å². The van der Waals surface area contributed by atoms with E-state index in [1.807, 2.05) is 12.1 Å². The molecule has 2 aliphatic rings. The van der Waals surface area contributed by atoms with Crippen LogP contribution in [0.2, 0.25) is 5.02 Å². The van der Waals surface area contributed by atoms with Gasteiger partial charge >= 0.3 is 0 Å². The zero-order chi connectivity index (χ0) is 20.7. The zero-order valence-corrected chi connectivity index (χ0v) is 17.7. The number of halogens is 1.